The second kappa shape index (κ2) is 6.29. The summed E-state index contributed by atoms with van der Waals surface area (Å²) in [7, 11) is 0. The van der Waals surface area contributed by atoms with E-state index in [1.54, 1.807) is 0 Å². The molecule has 104 valence electrons. The van der Waals surface area contributed by atoms with Gasteiger partial charge in [0.1, 0.15) is 5.82 Å². The van der Waals surface area contributed by atoms with Crippen molar-refractivity contribution in [2.24, 2.45) is 11.7 Å². The lowest BCUT2D eigenvalue weighted by Gasteiger charge is -2.14. The molecule has 0 bridgehead atoms. The Morgan fingerprint density at radius 2 is 2.05 bits per heavy atom. The topological polar surface area (TPSA) is 92.4 Å². The van der Waals surface area contributed by atoms with Crippen molar-refractivity contribution in [1.29, 1.82) is 0 Å². The monoisotopic (exact) mass is 268 g/mol. The molecule has 0 aliphatic carbocycles. The summed E-state index contributed by atoms with van der Waals surface area (Å²) >= 11 is 0. The first-order chi connectivity index (χ1) is 8.81. The van der Waals surface area contributed by atoms with Gasteiger partial charge in [0, 0.05) is 0 Å². The Hall–Kier alpha value is -1.95. The van der Waals surface area contributed by atoms with Crippen molar-refractivity contribution in [2.45, 2.75) is 26.3 Å². The van der Waals surface area contributed by atoms with E-state index in [2.05, 4.69) is 5.32 Å². The third kappa shape index (κ3) is 4.33. The summed E-state index contributed by atoms with van der Waals surface area (Å²) in [5.74, 6) is -2.19. The molecule has 4 N–H and O–H groups in total. The number of hydrogen-bond acceptors (Lipinski definition) is 3. The number of aromatic carboxylic acids is 1. The standard InChI is InChI=1S/C13H17FN2O3/c1-7(2)5-10(15)12(17)16-11-6-8(13(18)19)3-4-9(11)14/h3-4,6-7,10H,5,15H2,1-2H3,(H,16,17)(H,18,19). The number of anilines is 1. The van der Waals surface area contributed by atoms with E-state index in [1.807, 2.05) is 13.8 Å². The normalized spacial score (nSPS) is 12.3. The number of carboxylic acids is 1. The first kappa shape index (κ1) is 15.1. The lowest BCUT2D eigenvalue weighted by molar-refractivity contribution is -0.117. The largest absolute Gasteiger partial charge is 0.478 e. The Labute approximate surface area is 110 Å². The molecule has 1 rings (SSSR count). The number of carbonyl (C=O) groups excluding carboxylic acids is 1. The van der Waals surface area contributed by atoms with Crippen LogP contribution in [0.15, 0.2) is 18.2 Å². The van der Waals surface area contributed by atoms with Gasteiger partial charge in [-0.15, -0.1) is 0 Å². The van der Waals surface area contributed by atoms with Gasteiger partial charge in [-0.1, -0.05) is 13.8 Å². The fraction of sp³-hybridized carbons (Fsp3) is 0.385. The minimum atomic E-state index is -1.19. The third-order valence-electron chi connectivity index (χ3n) is 2.53. The number of carboxylic acid groups (broad SMARTS) is 1. The maximum atomic E-state index is 13.5. The molecule has 0 aliphatic rings. The first-order valence-corrected chi connectivity index (χ1v) is 5.90. The molecular formula is C13H17FN2O3. The van der Waals surface area contributed by atoms with E-state index < -0.39 is 23.7 Å². The zero-order chi connectivity index (χ0) is 14.6. The van der Waals surface area contributed by atoms with E-state index in [0.29, 0.717) is 6.42 Å². The van der Waals surface area contributed by atoms with Crippen LogP contribution in [-0.2, 0) is 4.79 Å². The third-order valence-corrected chi connectivity index (χ3v) is 2.53. The van der Waals surface area contributed by atoms with Crippen molar-refractivity contribution < 1.29 is 19.1 Å². The SMILES string of the molecule is CC(C)CC(N)C(=O)Nc1cc(C(=O)O)ccc1F. The average molecular weight is 268 g/mol. The quantitative estimate of drug-likeness (QED) is 0.759. The van der Waals surface area contributed by atoms with Gasteiger partial charge < -0.3 is 16.2 Å². The predicted octanol–water partition coefficient (Wildman–Crippen LogP) is 1.84. The Kier molecular flexibility index (Phi) is 5.00. The van der Waals surface area contributed by atoms with Crippen LogP contribution in [0.2, 0.25) is 0 Å². The molecular weight excluding hydrogens is 251 g/mol. The summed E-state index contributed by atoms with van der Waals surface area (Å²) in [6, 6.07) is 2.43. The number of carbonyl (C=O) groups is 2. The first-order valence-electron chi connectivity index (χ1n) is 5.90. The molecule has 0 spiro atoms. The van der Waals surface area contributed by atoms with Crippen molar-refractivity contribution in [3.8, 4) is 0 Å². The maximum absolute atomic E-state index is 13.5. The number of nitrogens with one attached hydrogen (secondary N) is 1. The summed E-state index contributed by atoms with van der Waals surface area (Å²) in [4.78, 5) is 22.5. The molecule has 0 fully saturated rings. The lowest BCUT2D eigenvalue weighted by atomic mass is 10.0. The minimum absolute atomic E-state index is 0.103. The van der Waals surface area contributed by atoms with Crippen LogP contribution in [0.4, 0.5) is 10.1 Å². The fourth-order valence-electron chi connectivity index (χ4n) is 1.59. The van der Waals surface area contributed by atoms with E-state index >= 15 is 0 Å². The van der Waals surface area contributed by atoms with E-state index in [0.717, 1.165) is 18.2 Å². The second-order valence-electron chi connectivity index (χ2n) is 4.73. The van der Waals surface area contributed by atoms with E-state index in [9.17, 15) is 14.0 Å². The minimum Gasteiger partial charge on any atom is -0.478 e. The molecule has 0 radical (unpaired) electrons. The number of nitrogens with two attached hydrogens (primary N) is 1. The molecule has 1 unspecified atom stereocenters. The van der Waals surface area contributed by atoms with Crippen LogP contribution in [0, 0.1) is 11.7 Å². The molecule has 1 aromatic carbocycles. The summed E-state index contributed by atoms with van der Waals surface area (Å²) in [6.07, 6.45) is 0.464. The summed E-state index contributed by atoms with van der Waals surface area (Å²) < 4.78 is 13.5. The van der Waals surface area contributed by atoms with Crippen LogP contribution in [0.25, 0.3) is 0 Å². The maximum Gasteiger partial charge on any atom is 0.335 e. The van der Waals surface area contributed by atoms with E-state index in [4.69, 9.17) is 10.8 Å². The molecule has 0 aliphatic heterocycles. The highest BCUT2D eigenvalue weighted by Gasteiger charge is 2.17. The smallest absolute Gasteiger partial charge is 0.335 e. The molecule has 0 saturated carbocycles. The summed E-state index contributed by atoms with van der Waals surface area (Å²) in [5, 5.41) is 11.1. The van der Waals surface area contributed by atoms with Crippen LogP contribution in [-0.4, -0.2) is 23.0 Å². The molecule has 1 atom stereocenters. The Morgan fingerprint density at radius 3 is 2.58 bits per heavy atom. The van der Waals surface area contributed by atoms with Gasteiger partial charge in [0.15, 0.2) is 0 Å². The van der Waals surface area contributed by atoms with Crippen molar-refractivity contribution in [1.82, 2.24) is 0 Å². The van der Waals surface area contributed by atoms with E-state index in [-0.39, 0.29) is 17.2 Å². The van der Waals surface area contributed by atoms with Crippen molar-refractivity contribution in [2.75, 3.05) is 5.32 Å². The Balaban J connectivity index is 2.84. The van der Waals surface area contributed by atoms with Crippen LogP contribution < -0.4 is 11.1 Å². The zero-order valence-corrected chi connectivity index (χ0v) is 10.8. The van der Waals surface area contributed by atoms with Crippen LogP contribution in [0.1, 0.15) is 30.6 Å². The molecule has 6 heteroatoms. The molecule has 0 saturated heterocycles. The fourth-order valence-corrected chi connectivity index (χ4v) is 1.59. The van der Waals surface area contributed by atoms with Gasteiger partial charge in [0.25, 0.3) is 0 Å². The van der Waals surface area contributed by atoms with Gasteiger partial charge in [-0.2, -0.15) is 0 Å². The molecule has 0 heterocycles. The highest BCUT2D eigenvalue weighted by atomic mass is 19.1. The van der Waals surface area contributed by atoms with Crippen LogP contribution in [0.3, 0.4) is 0 Å². The predicted molar refractivity (Wildman–Crippen MR) is 69.4 cm³/mol. The van der Waals surface area contributed by atoms with Gasteiger partial charge in [-0.3, -0.25) is 4.79 Å². The number of rotatable bonds is 5. The van der Waals surface area contributed by atoms with Gasteiger partial charge in [0.2, 0.25) is 5.91 Å². The van der Waals surface area contributed by atoms with Crippen molar-refractivity contribution in [3.63, 3.8) is 0 Å². The molecule has 1 aromatic rings. The Morgan fingerprint density at radius 1 is 1.42 bits per heavy atom. The lowest BCUT2D eigenvalue weighted by Crippen LogP contribution is -2.36. The molecule has 1 amide bonds. The van der Waals surface area contributed by atoms with Gasteiger partial charge in [-0.05, 0) is 30.5 Å². The van der Waals surface area contributed by atoms with Crippen LogP contribution in [0.5, 0.6) is 0 Å². The zero-order valence-electron chi connectivity index (χ0n) is 10.8. The van der Waals surface area contributed by atoms with Crippen molar-refractivity contribution >= 4 is 17.6 Å². The van der Waals surface area contributed by atoms with Crippen molar-refractivity contribution in [3.05, 3.63) is 29.6 Å². The average Bonchev–Trinajstić information content (AvgIpc) is 2.30. The summed E-state index contributed by atoms with van der Waals surface area (Å²) in [5.41, 5.74) is 5.38. The Bertz CT molecular complexity index is 489. The number of hydrogen-bond donors (Lipinski definition) is 3. The molecule has 0 aromatic heterocycles. The molecule has 5 nitrogen and oxygen atoms in total. The number of benzene rings is 1. The summed E-state index contributed by atoms with van der Waals surface area (Å²) in [6.45, 7) is 3.83. The molecule has 19 heavy (non-hydrogen) atoms. The van der Waals surface area contributed by atoms with Gasteiger partial charge in [-0.25, -0.2) is 9.18 Å². The number of halogens is 1. The van der Waals surface area contributed by atoms with E-state index in [1.165, 1.54) is 0 Å². The highest BCUT2D eigenvalue weighted by Crippen LogP contribution is 2.17. The highest BCUT2D eigenvalue weighted by molar-refractivity contribution is 5.96. The van der Waals surface area contributed by atoms with Gasteiger partial charge >= 0.3 is 5.97 Å². The van der Waals surface area contributed by atoms with Crippen LogP contribution >= 0.6 is 0 Å². The van der Waals surface area contributed by atoms with Gasteiger partial charge in [0.05, 0.1) is 17.3 Å². The number of amides is 1. The second-order valence-corrected chi connectivity index (χ2v) is 4.73.